The first-order valence-corrected chi connectivity index (χ1v) is 7.00. The monoisotopic (exact) mass is 314 g/mol. The summed E-state index contributed by atoms with van der Waals surface area (Å²) in [4.78, 5) is 12.3. The van der Waals surface area contributed by atoms with Gasteiger partial charge in [-0.2, -0.15) is 4.51 Å². The van der Waals surface area contributed by atoms with Crippen molar-refractivity contribution in [2.45, 2.75) is 20.4 Å². The van der Waals surface area contributed by atoms with Crippen molar-refractivity contribution < 1.29 is 18.7 Å². The largest absolute Gasteiger partial charge is 0.490 e. The molecule has 0 amide bonds. The van der Waals surface area contributed by atoms with Crippen LogP contribution in [0.4, 0.5) is 4.39 Å². The SMILES string of the molecule is CCOc1cc2c(c(F)c1OCC)/C(=N/Cl)N(CC=O)C2. The number of hydrogen-bond acceptors (Lipinski definition) is 4. The van der Waals surface area contributed by atoms with E-state index in [1.165, 1.54) is 0 Å². The maximum absolute atomic E-state index is 14.7. The van der Waals surface area contributed by atoms with Crippen molar-refractivity contribution in [3.63, 3.8) is 0 Å². The van der Waals surface area contributed by atoms with E-state index in [-0.39, 0.29) is 23.7 Å². The van der Waals surface area contributed by atoms with Crippen molar-refractivity contribution in [1.82, 2.24) is 4.90 Å². The van der Waals surface area contributed by atoms with Crippen LogP contribution in [0.1, 0.15) is 25.0 Å². The summed E-state index contributed by atoms with van der Waals surface area (Å²) in [7, 11) is 0. The number of hydrogen-bond donors (Lipinski definition) is 0. The fourth-order valence-electron chi connectivity index (χ4n) is 2.34. The van der Waals surface area contributed by atoms with E-state index in [9.17, 15) is 9.18 Å². The van der Waals surface area contributed by atoms with Gasteiger partial charge in [-0.25, -0.2) is 4.39 Å². The quantitative estimate of drug-likeness (QED) is 0.757. The van der Waals surface area contributed by atoms with Crippen molar-refractivity contribution in [2.75, 3.05) is 19.8 Å². The molecule has 0 bridgehead atoms. The molecule has 0 saturated heterocycles. The maximum atomic E-state index is 14.7. The van der Waals surface area contributed by atoms with Gasteiger partial charge in [-0.05, 0) is 25.5 Å². The lowest BCUT2D eigenvalue weighted by Crippen LogP contribution is -2.26. The van der Waals surface area contributed by atoms with E-state index in [4.69, 9.17) is 21.3 Å². The second kappa shape index (κ2) is 6.76. The van der Waals surface area contributed by atoms with Gasteiger partial charge in [-0.1, -0.05) is 0 Å². The molecule has 21 heavy (non-hydrogen) atoms. The molecule has 114 valence electrons. The van der Waals surface area contributed by atoms with E-state index in [0.717, 1.165) is 6.29 Å². The van der Waals surface area contributed by atoms with Gasteiger partial charge in [0.15, 0.2) is 23.2 Å². The summed E-state index contributed by atoms with van der Waals surface area (Å²) in [5, 5.41) is 0. The third-order valence-electron chi connectivity index (χ3n) is 3.12. The number of aldehydes is 1. The van der Waals surface area contributed by atoms with Gasteiger partial charge < -0.3 is 19.2 Å². The number of benzene rings is 1. The van der Waals surface area contributed by atoms with Crippen molar-refractivity contribution in [3.8, 4) is 11.5 Å². The summed E-state index contributed by atoms with van der Waals surface area (Å²) < 4.78 is 29.1. The second-order valence-electron chi connectivity index (χ2n) is 4.37. The van der Waals surface area contributed by atoms with Crippen LogP contribution in [0.5, 0.6) is 11.5 Å². The highest BCUT2D eigenvalue weighted by Crippen LogP contribution is 2.39. The average Bonchev–Trinajstić information content (AvgIpc) is 2.81. The zero-order chi connectivity index (χ0) is 15.4. The van der Waals surface area contributed by atoms with Gasteiger partial charge in [-0.3, -0.25) is 0 Å². The van der Waals surface area contributed by atoms with Gasteiger partial charge in [0, 0.05) is 18.3 Å². The van der Waals surface area contributed by atoms with Gasteiger partial charge in [0.05, 0.1) is 25.3 Å². The molecule has 1 aromatic carbocycles. The lowest BCUT2D eigenvalue weighted by molar-refractivity contribution is -0.108. The molecule has 0 spiro atoms. The highest BCUT2D eigenvalue weighted by molar-refractivity contribution is 6.23. The number of carbonyl (C=O) groups excluding carboxylic acids is 1. The molecule has 0 fully saturated rings. The van der Waals surface area contributed by atoms with E-state index in [2.05, 4.69) is 4.51 Å². The van der Waals surface area contributed by atoms with Crippen LogP contribution in [0.15, 0.2) is 10.6 Å². The van der Waals surface area contributed by atoms with Crippen LogP contribution < -0.4 is 9.47 Å². The predicted octanol–water partition coefficient (Wildman–Crippen LogP) is 2.54. The van der Waals surface area contributed by atoms with Crippen LogP contribution in [0.3, 0.4) is 0 Å². The van der Waals surface area contributed by atoms with Crippen molar-refractivity contribution in [2.24, 2.45) is 4.51 Å². The van der Waals surface area contributed by atoms with E-state index >= 15 is 0 Å². The molecule has 1 heterocycles. The number of ether oxygens (including phenoxy) is 2. The first-order valence-electron chi connectivity index (χ1n) is 6.66. The molecule has 0 N–H and O–H groups in total. The number of carbonyl (C=O) groups is 1. The zero-order valence-electron chi connectivity index (χ0n) is 11.9. The first kappa shape index (κ1) is 15.6. The fraction of sp³-hybridized carbons (Fsp3) is 0.429. The molecule has 1 aromatic rings. The molecule has 0 atom stereocenters. The summed E-state index contributed by atoms with van der Waals surface area (Å²) in [6.45, 7) is 4.72. The minimum absolute atomic E-state index is 0.0452. The number of rotatable bonds is 6. The summed E-state index contributed by atoms with van der Waals surface area (Å²) in [5.74, 6) is 0.0622. The Balaban J connectivity index is 2.55. The van der Waals surface area contributed by atoms with E-state index < -0.39 is 5.82 Å². The zero-order valence-corrected chi connectivity index (χ0v) is 12.6. The van der Waals surface area contributed by atoms with Gasteiger partial charge >= 0.3 is 0 Å². The van der Waals surface area contributed by atoms with E-state index in [1.807, 2.05) is 6.92 Å². The number of fused-ring (bicyclic) bond motifs is 1. The molecule has 0 aromatic heterocycles. The van der Waals surface area contributed by atoms with Crippen molar-refractivity contribution >= 4 is 23.9 Å². The Morgan fingerprint density at radius 1 is 1.43 bits per heavy atom. The van der Waals surface area contributed by atoms with Crippen LogP contribution in [-0.4, -0.2) is 36.8 Å². The minimum atomic E-state index is -0.564. The third kappa shape index (κ3) is 2.81. The van der Waals surface area contributed by atoms with E-state index in [0.29, 0.717) is 31.1 Å². The minimum Gasteiger partial charge on any atom is -0.490 e. The number of amidine groups is 1. The second-order valence-corrected chi connectivity index (χ2v) is 4.54. The molecule has 0 saturated carbocycles. The Kier molecular flexibility index (Phi) is 5.01. The van der Waals surface area contributed by atoms with Crippen LogP contribution in [0.25, 0.3) is 0 Å². The Bertz CT molecular complexity index is 578. The Labute approximate surface area is 127 Å². The summed E-state index contributed by atoms with van der Waals surface area (Å²) in [6, 6.07) is 1.71. The fourth-order valence-corrected chi connectivity index (χ4v) is 2.53. The van der Waals surface area contributed by atoms with Crippen molar-refractivity contribution in [1.29, 1.82) is 0 Å². The third-order valence-corrected chi connectivity index (χ3v) is 3.28. The van der Waals surface area contributed by atoms with Gasteiger partial charge in [-0.15, -0.1) is 0 Å². The standard InChI is InChI=1S/C14H16ClFN2O3/c1-3-20-10-7-9-8-18(5-6-19)14(17-15)11(9)12(16)13(10)21-4-2/h6-7H,3-5,8H2,1-2H3/b17-14-. The molecular weight excluding hydrogens is 299 g/mol. The van der Waals surface area contributed by atoms with Crippen LogP contribution in [0, 0.1) is 5.82 Å². The molecule has 1 aliphatic rings. The Morgan fingerprint density at radius 2 is 2.14 bits per heavy atom. The molecular formula is C14H16ClFN2O3. The smallest absolute Gasteiger partial charge is 0.197 e. The number of nitrogens with zero attached hydrogens (tertiary/aromatic N) is 2. The normalized spacial score (nSPS) is 15.2. The van der Waals surface area contributed by atoms with Crippen LogP contribution in [-0.2, 0) is 11.3 Å². The maximum Gasteiger partial charge on any atom is 0.197 e. The van der Waals surface area contributed by atoms with Crippen LogP contribution >= 0.6 is 11.8 Å². The van der Waals surface area contributed by atoms with Crippen molar-refractivity contribution in [3.05, 3.63) is 23.0 Å². The molecule has 5 nitrogen and oxygen atoms in total. The van der Waals surface area contributed by atoms with Gasteiger partial charge in [0.25, 0.3) is 0 Å². The highest BCUT2D eigenvalue weighted by Gasteiger charge is 2.32. The Hall–Kier alpha value is -1.82. The average molecular weight is 315 g/mol. The summed E-state index contributed by atoms with van der Waals surface area (Å²) in [5.41, 5.74) is 0.930. The molecule has 0 radical (unpaired) electrons. The van der Waals surface area contributed by atoms with Crippen LogP contribution in [0.2, 0.25) is 0 Å². The van der Waals surface area contributed by atoms with E-state index in [1.54, 1.807) is 17.9 Å². The molecule has 7 heteroatoms. The lowest BCUT2D eigenvalue weighted by atomic mass is 10.1. The molecule has 1 aliphatic heterocycles. The predicted molar refractivity (Wildman–Crippen MR) is 77.6 cm³/mol. The lowest BCUT2D eigenvalue weighted by Gasteiger charge is -2.15. The first-order chi connectivity index (χ1) is 10.2. The molecule has 0 aliphatic carbocycles. The van der Waals surface area contributed by atoms with Gasteiger partial charge in [0.2, 0.25) is 0 Å². The molecule has 2 rings (SSSR count). The topological polar surface area (TPSA) is 51.1 Å². The molecule has 0 unspecified atom stereocenters. The summed E-state index contributed by atoms with van der Waals surface area (Å²) >= 11 is 5.56. The highest BCUT2D eigenvalue weighted by atomic mass is 35.5. The summed E-state index contributed by atoms with van der Waals surface area (Å²) in [6.07, 6.45) is 0.721. The Morgan fingerprint density at radius 3 is 2.71 bits per heavy atom. The van der Waals surface area contributed by atoms with Gasteiger partial charge in [0.1, 0.15) is 6.29 Å². The number of halogens is 2.